The first kappa shape index (κ1) is 49.9. The molecule has 3 heterocycles. The molecule has 2 amide bonds. The molecule has 24 nitrogen and oxygen atoms in total. The van der Waals surface area contributed by atoms with Crippen LogP contribution in [0.1, 0.15) is 78.4 Å². The summed E-state index contributed by atoms with van der Waals surface area (Å²) in [5.74, 6) is -1.03. The van der Waals surface area contributed by atoms with Gasteiger partial charge in [0.25, 0.3) is 0 Å². The zero-order chi connectivity index (χ0) is 43.3. The van der Waals surface area contributed by atoms with Crippen molar-refractivity contribution in [1.82, 2.24) is 30.2 Å². The molecule has 7 atom stereocenters. The van der Waals surface area contributed by atoms with Crippen LogP contribution in [0.2, 0.25) is 0 Å². The molecule has 0 radical (unpaired) electrons. The number of hydrogen-bond donors (Lipinski definition) is 9. The van der Waals surface area contributed by atoms with Crippen molar-refractivity contribution >= 4 is 69.1 Å². The van der Waals surface area contributed by atoms with Gasteiger partial charge in [0.1, 0.15) is 36.3 Å². The van der Waals surface area contributed by atoms with Crippen molar-refractivity contribution in [3.8, 4) is 0 Å². The maximum Gasteiger partial charge on any atom is 0.481 e. The zero-order valence-corrected chi connectivity index (χ0v) is 35.5. The zero-order valence-electron chi connectivity index (χ0n) is 32.0. The lowest BCUT2D eigenvalue weighted by Gasteiger charge is -2.30. The third kappa shape index (κ3) is 16.2. The Balaban J connectivity index is 1.43. The average Bonchev–Trinajstić information content (AvgIpc) is 3.69. The molecule has 0 bridgehead atoms. The summed E-state index contributed by atoms with van der Waals surface area (Å²) >= 11 is 1.14. The first-order valence-corrected chi connectivity index (χ1v) is 23.6. The second-order valence-corrected chi connectivity index (χ2v) is 19.2. The van der Waals surface area contributed by atoms with E-state index in [0.29, 0.717) is 12.2 Å². The molecule has 1 aliphatic heterocycles. The van der Waals surface area contributed by atoms with E-state index < -0.39 is 84.6 Å². The summed E-state index contributed by atoms with van der Waals surface area (Å²) in [6, 6.07) is 0. The minimum atomic E-state index is -5.57. The van der Waals surface area contributed by atoms with Crippen LogP contribution in [-0.4, -0.2) is 123 Å². The Labute approximate surface area is 337 Å². The minimum absolute atomic E-state index is 0.0327. The number of aliphatic hydroxyl groups excluding tert-OH is 2. The lowest BCUT2D eigenvalue weighted by molar-refractivity contribution is -0.137. The minimum Gasteiger partial charge on any atom is -0.386 e. The van der Waals surface area contributed by atoms with Gasteiger partial charge in [-0.1, -0.05) is 64.6 Å². The third-order valence-corrected chi connectivity index (χ3v) is 12.5. The standard InChI is InChI=1S/C30H52N7O17P3S/c1-4-5-6-7-8-9-10-21(39)58-14-13-32-20(38)11-12-33-28(42)25(41)30(2,3)16-51-57(48,49)54-56(46,47)50-15-19-24(53-55(43,44)45)23(40)29(52-19)37-18-36-22-26(31)34-17-35-27(22)37/h17-19,23-25,29,40-41H,4-16H2,1-3H3,(H,32,38)(H,33,42)(H,46,47)(H,48,49)(H2,31,34,35)(H2,43,44,45)/t19-,23-,24-,25?,29-/m1/s1. The molecule has 1 saturated heterocycles. The number of phosphoric acid groups is 3. The van der Waals surface area contributed by atoms with E-state index >= 15 is 0 Å². The van der Waals surface area contributed by atoms with Gasteiger partial charge in [0, 0.05) is 37.1 Å². The van der Waals surface area contributed by atoms with Crippen LogP contribution in [0.5, 0.6) is 0 Å². The molecule has 3 rings (SSSR count). The van der Waals surface area contributed by atoms with Crippen LogP contribution in [0.3, 0.4) is 0 Å². The highest BCUT2D eigenvalue weighted by Gasteiger charge is 2.50. The summed E-state index contributed by atoms with van der Waals surface area (Å²) in [5, 5.41) is 26.5. The second-order valence-electron chi connectivity index (χ2n) is 13.8. The van der Waals surface area contributed by atoms with Crippen molar-refractivity contribution in [2.75, 3.05) is 37.8 Å². The van der Waals surface area contributed by atoms with E-state index in [1.165, 1.54) is 20.3 Å². The summed E-state index contributed by atoms with van der Waals surface area (Å²) in [7, 11) is -16.4. The Hall–Kier alpha value is -2.44. The summed E-state index contributed by atoms with van der Waals surface area (Å²) in [6.45, 7) is 2.70. The summed E-state index contributed by atoms with van der Waals surface area (Å²) < 4.78 is 62.2. The molecule has 0 aliphatic carbocycles. The van der Waals surface area contributed by atoms with Crippen LogP contribution in [0, 0.1) is 5.41 Å². The number of anilines is 1. The molecule has 58 heavy (non-hydrogen) atoms. The quantitative estimate of drug-likeness (QED) is 0.0476. The number of unbranched alkanes of at least 4 members (excludes halogenated alkanes) is 5. The number of phosphoric ester groups is 3. The monoisotopic (exact) mass is 907 g/mol. The van der Waals surface area contributed by atoms with E-state index in [4.69, 9.17) is 19.5 Å². The SMILES string of the molecule is CCCCCCCCC(=O)SCCNC(=O)CCNC(=O)C(O)C(C)(C)COP(=O)(O)OP(=O)(O)OC[C@H]1O[C@@H](n2cnc3c(N)ncnc32)[C@H](O)[C@@H]1OP(=O)(O)O. The number of amides is 2. The molecule has 10 N–H and O–H groups in total. The highest BCUT2D eigenvalue weighted by molar-refractivity contribution is 8.13. The summed E-state index contributed by atoms with van der Waals surface area (Å²) in [6.07, 6.45) is 0.0508. The topological polar surface area (TPSA) is 364 Å². The maximum atomic E-state index is 12.7. The van der Waals surface area contributed by atoms with Crippen LogP contribution in [-0.2, 0) is 50.7 Å². The van der Waals surface area contributed by atoms with Crippen molar-refractivity contribution < 1.29 is 80.5 Å². The van der Waals surface area contributed by atoms with E-state index in [1.54, 1.807) is 0 Å². The fraction of sp³-hybridized carbons (Fsp3) is 0.733. The highest BCUT2D eigenvalue weighted by Crippen LogP contribution is 2.61. The highest BCUT2D eigenvalue weighted by atomic mass is 32.2. The van der Waals surface area contributed by atoms with Crippen LogP contribution >= 0.6 is 35.2 Å². The van der Waals surface area contributed by atoms with E-state index in [2.05, 4.69) is 41.3 Å². The number of nitrogens with one attached hydrogen (secondary N) is 2. The molecule has 330 valence electrons. The van der Waals surface area contributed by atoms with E-state index in [1.807, 2.05) is 0 Å². The number of hydrogen-bond acceptors (Lipinski definition) is 18. The van der Waals surface area contributed by atoms with E-state index in [-0.39, 0.29) is 41.6 Å². The Morgan fingerprint density at radius 3 is 2.34 bits per heavy atom. The van der Waals surface area contributed by atoms with Gasteiger partial charge in [0.15, 0.2) is 22.8 Å². The number of aromatic nitrogens is 4. The predicted molar refractivity (Wildman–Crippen MR) is 205 cm³/mol. The number of fused-ring (bicyclic) bond motifs is 1. The molecular weight excluding hydrogens is 855 g/mol. The number of ether oxygens (including phenoxy) is 1. The predicted octanol–water partition coefficient (Wildman–Crippen LogP) is 1.42. The average molecular weight is 908 g/mol. The smallest absolute Gasteiger partial charge is 0.386 e. The van der Waals surface area contributed by atoms with Crippen molar-refractivity contribution in [1.29, 1.82) is 0 Å². The van der Waals surface area contributed by atoms with Gasteiger partial charge in [-0.2, -0.15) is 4.31 Å². The largest absolute Gasteiger partial charge is 0.481 e. The fourth-order valence-corrected chi connectivity index (χ4v) is 8.97. The van der Waals surface area contributed by atoms with E-state index in [0.717, 1.165) is 61.1 Å². The van der Waals surface area contributed by atoms with Crippen molar-refractivity contribution in [2.45, 2.75) is 103 Å². The number of nitrogen functional groups attached to an aromatic ring is 1. The molecule has 1 aliphatic rings. The van der Waals surface area contributed by atoms with Crippen molar-refractivity contribution in [3.05, 3.63) is 12.7 Å². The van der Waals surface area contributed by atoms with Gasteiger partial charge in [0.2, 0.25) is 11.8 Å². The molecule has 28 heteroatoms. The van der Waals surface area contributed by atoms with E-state index in [9.17, 15) is 57.9 Å². The number of rotatable bonds is 26. The van der Waals surface area contributed by atoms with Gasteiger partial charge < -0.3 is 50.9 Å². The number of thioether (sulfide) groups is 1. The molecular formula is C30H52N7O17P3S. The van der Waals surface area contributed by atoms with Gasteiger partial charge in [-0.3, -0.25) is 32.5 Å². The van der Waals surface area contributed by atoms with Crippen LogP contribution in [0.25, 0.3) is 11.2 Å². The summed E-state index contributed by atoms with van der Waals surface area (Å²) in [4.78, 5) is 87.7. The van der Waals surface area contributed by atoms with Gasteiger partial charge in [0.05, 0.1) is 19.5 Å². The van der Waals surface area contributed by atoms with Gasteiger partial charge in [-0.05, 0) is 6.42 Å². The molecule has 2 aromatic rings. The second kappa shape index (κ2) is 22.4. The molecule has 2 aromatic heterocycles. The first-order chi connectivity index (χ1) is 27.1. The number of aliphatic hydroxyl groups is 2. The Bertz CT molecular complexity index is 1840. The number of imidazole rings is 1. The maximum absolute atomic E-state index is 12.7. The van der Waals surface area contributed by atoms with Gasteiger partial charge in [-0.15, -0.1) is 0 Å². The molecule has 1 fully saturated rings. The molecule has 0 saturated carbocycles. The number of carbonyl (C=O) groups excluding carboxylic acids is 3. The lowest BCUT2D eigenvalue weighted by atomic mass is 9.87. The number of nitrogens with zero attached hydrogens (tertiary/aromatic N) is 4. The lowest BCUT2D eigenvalue weighted by Crippen LogP contribution is -2.46. The van der Waals surface area contributed by atoms with Gasteiger partial charge >= 0.3 is 23.5 Å². The third-order valence-electron chi connectivity index (χ3n) is 8.50. The Morgan fingerprint density at radius 1 is 0.983 bits per heavy atom. The Kier molecular flexibility index (Phi) is 19.3. The Morgan fingerprint density at radius 2 is 1.66 bits per heavy atom. The summed E-state index contributed by atoms with van der Waals surface area (Å²) in [5.41, 5.74) is 4.28. The van der Waals surface area contributed by atoms with Crippen LogP contribution < -0.4 is 16.4 Å². The normalized spacial score (nSPS) is 21.3. The number of carbonyl (C=O) groups is 3. The number of nitrogens with two attached hydrogens (primary N) is 1. The first-order valence-electron chi connectivity index (χ1n) is 18.1. The van der Waals surface area contributed by atoms with Crippen molar-refractivity contribution in [2.24, 2.45) is 5.41 Å². The fourth-order valence-electron chi connectivity index (χ4n) is 5.42. The molecule has 0 aromatic carbocycles. The van der Waals surface area contributed by atoms with Crippen LogP contribution in [0.15, 0.2) is 12.7 Å². The molecule has 3 unspecified atom stereocenters. The molecule has 0 spiro atoms. The van der Waals surface area contributed by atoms with Crippen LogP contribution in [0.4, 0.5) is 5.82 Å². The van der Waals surface area contributed by atoms with Gasteiger partial charge in [-0.25, -0.2) is 28.6 Å². The van der Waals surface area contributed by atoms with Crippen molar-refractivity contribution in [3.63, 3.8) is 0 Å².